The maximum Gasteiger partial charge on any atom is 0.230 e. The number of pyridine rings is 1. The molecular formula is C8H8BrClN2O. The van der Waals surface area contributed by atoms with Crippen molar-refractivity contribution in [2.75, 3.05) is 5.33 Å². The van der Waals surface area contributed by atoms with Crippen molar-refractivity contribution >= 4 is 33.4 Å². The quantitative estimate of drug-likeness (QED) is 0.667. The van der Waals surface area contributed by atoms with Gasteiger partial charge in [0.2, 0.25) is 5.91 Å². The lowest BCUT2D eigenvalue weighted by Gasteiger charge is -2.03. The van der Waals surface area contributed by atoms with Crippen LogP contribution in [0.5, 0.6) is 0 Å². The van der Waals surface area contributed by atoms with E-state index in [4.69, 9.17) is 11.6 Å². The molecule has 0 aliphatic carbocycles. The molecule has 3 nitrogen and oxygen atoms in total. The maximum atomic E-state index is 10.9. The third-order valence-electron chi connectivity index (χ3n) is 1.43. The van der Waals surface area contributed by atoms with Gasteiger partial charge in [0, 0.05) is 18.3 Å². The third kappa shape index (κ3) is 3.32. The van der Waals surface area contributed by atoms with E-state index < -0.39 is 0 Å². The third-order valence-corrected chi connectivity index (χ3v) is 2.28. The molecule has 0 spiro atoms. The van der Waals surface area contributed by atoms with Crippen LogP contribution in [0, 0.1) is 0 Å². The van der Waals surface area contributed by atoms with Crippen LogP contribution in [-0.4, -0.2) is 16.2 Å². The van der Waals surface area contributed by atoms with Crippen LogP contribution in [0.15, 0.2) is 18.3 Å². The van der Waals surface area contributed by atoms with Gasteiger partial charge in [0.25, 0.3) is 0 Å². The number of rotatable bonds is 3. The first-order chi connectivity index (χ1) is 6.24. The molecule has 1 aromatic rings. The van der Waals surface area contributed by atoms with Crippen LogP contribution < -0.4 is 5.32 Å². The molecule has 5 heteroatoms. The number of carbonyl (C=O) groups is 1. The van der Waals surface area contributed by atoms with Gasteiger partial charge in [-0.05, 0) is 6.07 Å². The smallest absolute Gasteiger partial charge is 0.230 e. The first-order valence-corrected chi connectivity index (χ1v) is 5.16. The number of aromatic nitrogens is 1. The van der Waals surface area contributed by atoms with Crippen LogP contribution >= 0.6 is 27.5 Å². The first kappa shape index (κ1) is 10.5. The van der Waals surface area contributed by atoms with Crippen molar-refractivity contribution in [3.8, 4) is 0 Å². The van der Waals surface area contributed by atoms with Gasteiger partial charge < -0.3 is 5.32 Å². The van der Waals surface area contributed by atoms with Crippen LogP contribution in [-0.2, 0) is 11.3 Å². The minimum absolute atomic E-state index is 0.0695. The average Bonchev–Trinajstić information content (AvgIpc) is 2.16. The van der Waals surface area contributed by atoms with Crippen molar-refractivity contribution in [1.82, 2.24) is 10.3 Å². The van der Waals surface area contributed by atoms with Gasteiger partial charge in [-0.15, -0.1) is 0 Å². The molecule has 70 valence electrons. The summed E-state index contributed by atoms with van der Waals surface area (Å²) in [5.41, 5.74) is 0.818. The van der Waals surface area contributed by atoms with E-state index in [-0.39, 0.29) is 5.91 Å². The van der Waals surface area contributed by atoms with E-state index in [1.165, 1.54) is 0 Å². The summed E-state index contributed by atoms with van der Waals surface area (Å²) in [6, 6.07) is 3.60. The molecule has 13 heavy (non-hydrogen) atoms. The molecule has 0 unspecified atom stereocenters. The largest absolute Gasteiger partial charge is 0.351 e. The predicted molar refractivity (Wildman–Crippen MR) is 54.9 cm³/mol. The number of halogens is 2. The zero-order chi connectivity index (χ0) is 9.68. The monoisotopic (exact) mass is 262 g/mol. The van der Waals surface area contributed by atoms with Crippen LogP contribution in [0.1, 0.15) is 5.56 Å². The van der Waals surface area contributed by atoms with E-state index in [0.717, 1.165) is 5.56 Å². The summed E-state index contributed by atoms with van der Waals surface area (Å²) in [5, 5.41) is 3.40. The second-order valence-electron chi connectivity index (χ2n) is 2.36. The molecule has 0 aliphatic rings. The fourth-order valence-corrected chi connectivity index (χ4v) is 1.18. The fraction of sp³-hybridized carbons (Fsp3) is 0.250. The minimum atomic E-state index is -0.0695. The summed E-state index contributed by atoms with van der Waals surface area (Å²) in [5.74, 6) is -0.0695. The number of hydrogen-bond acceptors (Lipinski definition) is 2. The summed E-state index contributed by atoms with van der Waals surface area (Å²) in [6.07, 6.45) is 1.61. The Morgan fingerprint density at radius 2 is 2.46 bits per heavy atom. The summed E-state index contributed by atoms with van der Waals surface area (Å²) < 4.78 is 0. The molecule has 1 heterocycles. The molecule has 1 aromatic heterocycles. The van der Waals surface area contributed by atoms with Crippen LogP contribution in [0.4, 0.5) is 0 Å². The highest BCUT2D eigenvalue weighted by molar-refractivity contribution is 9.09. The zero-order valence-electron chi connectivity index (χ0n) is 6.76. The summed E-state index contributed by atoms with van der Waals surface area (Å²) >= 11 is 8.82. The van der Waals surface area contributed by atoms with Crippen molar-refractivity contribution in [3.63, 3.8) is 0 Å². The van der Waals surface area contributed by atoms with Crippen molar-refractivity contribution in [3.05, 3.63) is 29.0 Å². The van der Waals surface area contributed by atoms with Crippen molar-refractivity contribution in [1.29, 1.82) is 0 Å². The van der Waals surface area contributed by atoms with Gasteiger partial charge in [0.1, 0.15) is 5.15 Å². The normalized spacial score (nSPS) is 9.69. The number of alkyl halides is 1. The second kappa shape index (κ2) is 5.19. The topological polar surface area (TPSA) is 42.0 Å². The van der Waals surface area contributed by atoms with E-state index in [2.05, 4.69) is 26.2 Å². The molecule has 1 N–H and O–H groups in total. The Hall–Kier alpha value is -0.610. The van der Waals surface area contributed by atoms with E-state index in [0.29, 0.717) is 17.0 Å². The number of amides is 1. The second-order valence-corrected chi connectivity index (χ2v) is 3.28. The van der Waals surface area contributed by atoms with E-state index in [1.807, 2.05) is 6.07 Å². The highest BCUT2D eigenvalue weighted by Gasteiger charge is 2.01. The molecular weight excluding hydrogens is 255 g/mol. The molecule has 0 aliphatic heterocycles. The number of nitrogens with one attached hydrogen (secondary N) is 1. The van der Waals surface area contributed by atoms with Crippen molar-refractivity contribution in [2.24, 2.45) is 0 Å². The number of hydrogen-bond donors (Lipinski definition) is 1. The van der Waals surface area contributed by atoms with Crippen molar-refractivity contribution < 1.29 is 4.79 Å². The zero-order valence-corrected chi connectivity index (χ0v) is 9.10. The Morgan fingerprint density at radius 3 is 3.08 bits per heavy atom. The number of nitrogens with zero attached hydrogens (tertiary/aromatic N) is 1. The Labute approximate surface area is 89.6 Å². The molecule has 0 bridgehead atoms. The maximum absolute atomic E-state index is 10.9. The molecule has 0 atom stereocenters. The van der Waals surface area contributed by atoms with Gasteiger partial charge in [0.05, 0.1) is 5.33 Å². The molecule has 0 radical (unpaired) electrons. The van der Waals surface area contributed by atoms with Gasteiger partial charge in [-0.1, -0.05) is 33.6 Å². The SMILES string of the molecule is O=C(CBr)NCc1cccnc1Cl. The molecule has 0 saturated carbocycles. The van der Waals surface area contributed by atoms with E-state index >= 15 is 0 Å². The predicted octanol–water partition coefficient (Wildman–Crippen LogP) is 1.75. The van der Waals surface area contributed by atoms with Crippen LogP contribution in [0.3, 0.4) is 0 Å². The molecule has 1 amide bonds. The van der Waals surface area contributed by atoms with Crippen molar-refractivity contribution in [2.45, 2.75) is 6.54 Å². The molecule has 1 rings (SSSR count). The first-order valence-electron chi connectivity index (χ1n) is 3.66. The van der Waals surface area contributed by atoms with E-state index in [1.54, 1.807) is 12.3 Å². The summed E-state index contributed by atoms with van der Waals surface area (Å²) in [4.78, 5) is 14.8. The summed E-state index contributed by atoms with van der Waals surface area (Å²) in [7, 11) is 0. The average molecular weight is 264 g/mol. The number of carbonyl (C=O) groups excluding carboxylic acids is 1. The lowest BCUT2D eigenvalue weighted by Crippen LogP contribution is -2.23. The van der Waals surface area contributed by atoms with Gasteiger partial charge >= 0.3 is 0 Å². The lowest BCUT2D eigenvalue weighted by molar-refractivity contribution is -0.118. The highest BCUT2D eigenvalue weighted by Crippen LogP contribution is 2.10. The highest BCUT2D eigenvalue weighted by atomic mass is 79.9. The lowest BCUT2D eigenvalue weighted by atomic mass is 10.3. The van der Waals surface area contributed by atoms with E-state index in [9.17, 15) is 4.79 Å². The Bertz CT molecular complexity index is 306. The summed E-state index contributed by atoms with van der Waals surface area (Å²) in [6.45, 7) is 0.414. The Kier molecular flexibility index (Phi) is 4.18. The van der Waals surface area contributed by atoms with Crippen LogP contribution in [0.25, 0.3) is 0 Å². The molecule has 0 aromatic carbocycles. The Balaban J connectivity index is 2.54. The van der Waals surface area contributed by atoms with Gasteiger partial charge in [-0.3, -0.25) is 4.79 Å². The fourth-order valence-electron chi connectivity index (χ4n) is 0.792. The van der Waals surface area contributed by atoms with Gasteiger partial charge in [-0.2, -0.15) is 0 Å². The van der Waals surface area contributed by atoms with Crippen LogP contribution in [0.2, 0.25) is 5.15 Å². The minimum Gasteiger partial charge on any atom is -0.351 e. The standard InChI is InChI=1S/C8H8BrClN2O/c9-4-7(13)12-5-6-2-1-3-11-8(6)10/h1-3H,4-5H2,(H,12,13). The molecule has 0 fully saturated rings. The van der Waals surface area contributed by atoms with Gasteiger partial charge in [0.15, 0.2) is 0 Å². The molecule has 0 saturated heterocycles. The Morgan fingerprint density at radius 1 is 1.69 bits per heavy atom. The van der Waals surface area contributed by atoms with Gasteiger partial charge in [-0.25, -0.2) is 4.98 Å².